The molecule has 0 fully saturated rings. The predicted octanol–water partition coefficient (Wildman–Crippen LogP) is 5.93. The van der Waals surface area contributed by atoms with Gasteiger partial charge in [-0.3, -0.25) is 0 Å². The molecule has 3 aromatic rings. The maximum Gasteiger partial charge on any atom is 0.416 e. The van der Waals surface area contributed by atoms with E-state index in [4.69, 9.17) is 0 Å². The zero-order valence-corrected chi connectivity index (χ0v) is 17.0. The van der Waals surface area contributed by atoms with Crippen molar-refractivity contribution >= 4 is 5.91 Å². The molecule has 0 saturated carbocycles. The van der Waals surface area contributed by atoms with Crippen LogP contribution in [0, 0.1) is 0 Å². The van der Waals surface area contributed by atoms with Crippen LogP contribution in [-0.4, -0.2) is 15.0 Å². The van der Waals surface area contributed by atoms with Gasteiger partial charge in [-0.05, 0) is 36.4 Å². The molecule has 1 aliphatic rings. The summed E-state index contributed by atoms with van der Waals surface area (Å²) in [6.45, 7) is 0.0120. The molecule has 4 rings (SSSR count). The number of alkyl halides is 6. The Hall–Kier alpha value is -3.07. The Morgan fingerprint density at radius 3 is 2.03 bits per heavy atom. The molecule has 1 unspecified atom stereocenters. The average molecular weight is 453 g/mol. The number of amides is 1. The van der Waals surface area contributed by atoms with Gasteiger partial charge in [0.25, 0.3) is 0 Å². The second-order valence-electron chi connectivity index (χ2n) is 8.11. The second kappa shape index (κ2) is 7.51. The van der Waals surface area contributed by atoms with E-state index in [0.29, 0.717) is 17.7 Å². The first kappa shape index (κ1) is 22.1. The van der Waals surface area contributed by atoms with Crippen molar-refractivity contribution in [1.29, 1.82) is 0 Å². The molecule has 32 heavy (non-hydrogen) atoms. The average Bonchev–Trinajstić information content (AvgIpc) is 3.22. The van der Waals surface area contributed by atoms with Gasteiger partial charge in [-0.25, -0.2) is 9.28 Å². The minimum Gasteiger partial charge on any atom is -0.350 e. The number of carbonyl (C=O) groups excluding carboxylic acids is 1. The van der Waals surface area contributed by atoms with Crippen molar-refractivity contribution in [3.63, 3.8) is 0 Å². The first-order valence-corrected chi connectivity index (χ1v) is 9.76. The number of hydrogen-bond donors (Lipinski definition) is 0. The SMILES string of the molecule is Cn1cccc1C[N+]1(Cc2cc(C(F)(F)F)cc(C(F)(F)F)c2)Cc2ccccc2C1=O. The van der Waals surface area contributed by atoms with Crippen molar-refractivity contribution in [1.82, 2.24) is 4.57 Å². The summed E-state index contributed by atoms with van der Waals surface area (Å²) in [6, 6.07) is 11.9. The Labute approximate surface area is 180 Å². The standard InChI is InChI=1S/C23H19F6N2O/c1-30-8-4-6-19(30)14-31(13-16-5-2-3-7-20(16)21(31)32)12-15-9-17(22(24,25)26)11-18(10-15)23(27,28)29/h2-11H,12-14H2,1H3/q+1. The molecule has 2 aromatic carbocycles. The molecule has 0 saturated heterocycles. The quantitative estimate of drug-likeness (QED) is 0.354. The van der Waals surface area contributed by atoms with Crippen LogP contribution in [0.5, 0.6) is 0 Å². The number of carbonyl (C=O) groups is 1. The summed E-state index contributed by atoms with van der Waals surface area (Å²) in [5.41, 5.74) is -1.07. The number of benzene rings is 2. The summed E-state index contributed by atoms with van der Waals surface area (Å²) in [6.07, 6.45) is -8.13. The normalized spacial score (nSPS) is 18.8. The first-order valence-electron chi connectivity index (χ1n) is 9.76. The van der Waals surface area contributed by atoms with Crippen LogP contribution in [0.1, 0.15) is 38.3 Å². The molecule has 1 aliphatic heterocycles. The number of quaternary nitrogens is 1. The molecule has 0 spiro atoms. The third kappa shape index (κ3) is 4.04. The fourth-order valence-electron chi connectivity index (χ4n) is 4.26. The van der Waals surface area contributed by atoms with Crippen molar-refractivity contribution in [2.45, 2.75) is 32.0 Å². The van der Waals surface area contributed by atoms with Crippen molar-refractivity contribution < 1.29 is 35.6 Å². The lowest BCUT2D eigenvalue weighted by Gasteiger charge is -2.32. The molecule has 2 heterocycles. The molecule has 9 heteroatoms. The number of fused-ring (bicyclic) bond motifs is 1. The smallest absolute Gasteiger partial charge is 0.350 e. The third-order valence-electron chi connectivity index (χ3n) is 5.80. The lowest BCUT2D eigenvalue weighted by atomic mass is 10.0. The largest absolute Gasteiger partial charge is 0.416 e. The molecule has 0 aliphatic carbocycles. The molecule has 3 nitrogen and oxygen atoms in total. The van der Waals surface area contributed by atoms with Crippen LogP contribution < -0.4 is 0 Å². The molecule has 1 aromatic heterocycles. The molecule has 0 bridgehead atoms. The van der Waals surface area contributed by atoms with Gasteiger partial charge in [-0.15, -0.1) is 0 Å². The lowest BCUT2D eigenvalue weighted by molar-refractivity contribution is -0.885. The van der Waals surface area contributed by atoms with Gasteiger partial charge in [-0.2, -0.15) is 26.3 Å². The topological polar surface area (TPSA) is 22.0 Å². The van der Waals surface area contributed by atoms with E-state index in [9.17, 15) is 31.1 Å². The Morgan fingerprint density at radius 1 is 0.875 bits per heavy atom. The highest BCUT2D eigenvalue weighted by Crippen LogP contribution is 2.39. The van der Waals surface area contributed by atoms with Crippen LogP contribution in [0.4, 0.5) is 26.3 Å². The summed E-state index contributed by atoms with van der Waals surface area (Å²) in [5, 5.41) is 0. The van der Waals surface area contributed by atoms with E-state index in [1.165, 1.54) is 0 Å². The molecular weight excluding hydrogens is 434 g/mol. The minimum atomic E-state index is -4.95. The lowest BCUT2D eigenvalue weighted by Crippen LogP contribution is -2.47. The van der Waals surface area contributed by atoms with E-state index in [-0.39, 0.29) is 41.7 Å². The van der Waals surface area contributed by atoms with Gasteiger partial charge in [0.1, 0.15) is 19.6 Å². The van der Waals surface area contributed by atoms with E-state index in [0.717, 1.165) is 11.3 Å². The summed E-state index contributed by atoms with van der Waals surface area (Å²) in [5.74, 6) is -0.326. The van der Waals surface area contributed by atoms with E-state index in [1.807, 2.05) is 0 Å². The van der Waals surface area contributed by atoms with Gasteiger partial charge in [0.05, 0.1) is 22.4 Å². The summed E-state index contributed by atoms with van der Waals surface area (Å²) in [7, 11) is 1.77. The predicted molar refractivity (Wildman–Crippen MR) is 104 cm³/mol. The van der Waals surface area contributed by atoms with Crippen LogP contribution in [0.2, 0.25) is 0 Å². The van der Waals surface area contributed by atoms with Crippen molar-refractivity contribution in [2.75, 3.05) is 0 Å². The minimum absolute atomic E-state index is 0.103. The van der Waals surface area contributed by atoms with Crippen LogP contribution in [-0.2, 0) is 39.0 Å². The first-order chi connectivity index (χ1) is 14.9. The summed E-state index contributed by atoms with van der Waals surface area (Å²) < 4.78 is 81.6. The van der Waals surface area contributed by atoms with Crippen LogP contribution in [0.15, 0.2) is 60.8 Å². The fraction of sp³-hybridized carbons (Fsp3) is 0.261. The number of hydrogen-bond acceptors (Lipinski definition) is 1. The summed E-state index contributed by atoms with van der Waals surface area (Å²) in [4.78, 5) is 13.4. The summed E-state index contributed by atoms with van der Waals surface area (Å²) >= 11 is 0. The molecule has 168 valence electrons. The molecule has 0 N–H and O–H groups in total. The second-order valence-corrected chi connectivity index (χ2v) is 8.11. The monoisotopic (exact) mass is 453 g/mol. The van der Waals surface area contributed by atoms with Crippen molar-refractivity contribution in [3.8, 4) is 0 Å². The van der Waals surface area contributed by atoms with Crippen LogP contribution >= 0.6 is 0 Å². The van der Waals surface area contributed by atoms with Gasteiger partial charge < -0.3 is 4.57 Å². The Kier molecular flexibility index (Phi) is 5.20. The highest BCUT2D eigenvalue weighted by Gasteiger charge is 2.46. The van der Waals surface area contributed by atoms with Gasteiger partial charge in [0, 0.05) is 24.4 Å². The van der Waals surface area contributed by atoms with E-state index >= 15 is 0 Å². The van der Waals surface area contributed by atoms with Gasteiger partial charge >= 0.3 is 18.3 Å². The number of nitrogens with zero attached hydrogens (tertiary/aromatic N) is 2. The van der Waals surface area contributed by atoms with Gasteiger partial charge in [0.15, 0.2) is 0 Å². The number of rotatable bonds is 4. The highest BCUT2D eigenvalue weighted by atomic mass is 19.4. The molecule has 1 amide bonds. The fourth-order valence-corrected chi connectivity index (χ4v) is 4.26. The maximum atomic E-state index is 13.4. The Bertz CT molecular complexity index is 1150. The molecule has 1 atom stereocenters. The zero-order chi connectivity index (χ0) is 23.3. The Balaban J connectivity index is 1.83. The van der Waals surface area contributed by atoms with E-state index in [2.05, 4.69) is 0 Å². The molecule has 0 radical (unpaired) electrons. The third-order valence-corrected chi connectivity index (χ3v) is 5.80. The van der Waals surface area contributed by atoms with Crippen LogP contribution in [0.3, 0.4) is 0 Å². The van der Waals surface area contributed by atoms with Crippen molar-refractivity contribution in [2.24, 2.45) is 7.05 Å². The van der Waals surface area contributed by atoms with E-state index < -0.39 is 23.5 Å². The maximum absolute atomic E-state index is 13.4. The highest BCUT2D eigenvalue weighted by molar-refractivity contribution is 5.92. The number of aromatic nitrogens is 1. The molecular formula is C23H19F6N2O+. The van der Waals surface area contributed by atoms with Gasteiger partial charge in [-0.1, -0.05) is 18.2 Å². The number of halogens is 6. The van der Waals surface area contributed by atoms with Crippen molar-refractivity contribution in [3.05, 3.63) is 94.3 Å². The van der Waals surface area contributed by atoms with Gasteiger partial charge in [0.2, 0.25) is 0 Å². The Morgan fingerprint density at radius 2 is 1.50 bits per heavy atom. The number of aryl methyl sites for hydroxylation is 1. The van der Waals surface area contributed by atoms with Crippen LogP contribution in [0.25, 0.3) is 0 Å². The van der Waals surface area contributed by atoms with E-state index in [1.54, 1.807) is 54.2 Å². The zero-order valence-electron chi connectivity index (χ0n) is 17.0.